The second-order valence-corrected chi connectivity index (χ2v) is 5.21. The molecule has 0 radical (unpaired) electrons. The summed E-state index contributed by atoms with van der Waals surface area (Å²) in [5, 5.41) is 8.51. The lowest BCUT2D eigenvalue weighted by molar-refractivity contribution is -0.137. The van der Waals surface area contributed by atoms with Crippen molar-refractivity contribution < 1.29 is 14.6 Å². The number of thioether (sulfide) groups is 1. The third-order valence-electron chi connectivity index (χ3n) is 2.36. The molecule has 0 aliphatic rings. The largest absolute Gasteiger partial charge is 0.504 e. The van der Waals surface area contributed by atoms with Crippen molar-refractivity contribution in [2.75, 3.05) is 12.9 Å². The van der Waals surface area contributed by atoms with Gasteiger partial charge in [0.25, 0.3) is 0 Å². The van der Waals surface area contributed by atoms with Crippen molar-refractivity contribution in [3.63, 3.8) is 0 Å². The summed E-state index contributed by atoms with van der Waals surface area (Å²) in [7, 11) is 1.63. The zero-order valence-electron chi connectivity index (χ0n) is 11.8. The van der Waals surface area contributed by atoms with E-state index in [0.29, 0.717) is 6.42 Å². The normalized spacial score (nSPS) is 12.4. The first kappa shape index (κ1) is 17.8. The maximum atomic E-state index is 10.3. The molecule has 0 bridgehead atoms. The van der Waals surface area contributed by atoms with Crippen LogP contribution in [0.25, 0.3) is 0 Å². The van der Waals surface area contributed by atoms with E-state index in [-0.39, 0.29) is 0 Å². The summed E-state index contributed by atoms with van der Waals surface area (Å²) in [6, 6.07) is 0. The van der Waals surface area contributed by atoms with Crippen molar-refractivity contribution in [2.24, 2.45) is 0 Å². The fourth-order valence-electron chi connectivity index (χ4n) is 1.45. The molecule has 108 valence electrons. The number of allylic oxidation sites excluding steroid dienone is 4. The second-order valence-electron chi connectivity index (χ2n) is 4.04. The molecular weight excluding hydrogens is 260 g/mol. The average molecular weight is 284 g/mol. The standard InChI is InChI=1S/C15H24O3S/c1-3-9-14(10-8-12-18-2)19-13-7-5-4-6-11-15(16)17/h3,8-10,12H,4-7,11,13H2,1-2H3,(H,16,17)/b9-3-,12-8+,14-10+. The van der Waals surface area contributed by atoms with Gasteiger partial charge in [-0.15, -0.1) is 11.8 Å². The van der Waals surface area contributed by atoms with E-state index in [0.717, 1.165) is 31.4 Å². The molecule has 0 aliphatic carbocycles. The second kappa shape index (κ2) is 13.3. The van der Waals surface area contributed by atoms with Crippen LogP contribution in [0, 0.1) is 0 Å². The quantitative estimate of drug-likeness (QED) is 0.347. The third kappa shape index (κ3) is 13.1. The molecule has 0 unspecified atom stereocenters. The Balaban J connectivity index is 3.73. The molecule has 1 N–H and O–H groups in total. The Kier molecular flexibility index (Phi) is 12.5. The Labute approximate surface area is 120 Å². The van der Waals surface area contributed by atoms with Crippen molar-refractivity contribution in [1.29, 1.82) is 0 Å². The lowest BCUT2D eigenvalue weighted by atomic mass is 10.2. The molecule has 0 aromatic heterocycles. The predicted octanol–water partition coefficient (Wildman–Crippen LogP) is 4.37. The van der Waals surface area contributed by atoms with Crippen LogP contribution in [0.2, 0.25) is 0 Å². The highest BCUT2D eigenvalue weighted by Crippen LogP contribution is 2.19. The van der Waals surface area contributed by atoms with Crippen molar-refractivity contribution in [3.05, 3.63) is 35.5 Å². The third-order valence-corrected chi connectivity index (χ3v) is 3.46. The van der Waals surface area contributed by atoms with Gasteiger partial charge in [-0.05, 0) is 37.7 Å². The predicted molar refractivity (Wildman–Crippen MR) is 82.2 cm³/mol. The van der Waals surface area contributed by atoms with Crippen LogP contribution >= 0.6 is 11.8 Å². The number of hydrogen-bond donors (Lipinski definition) is 1. The van der Waals surface area contributed by atoms with Crippen molar-refractivity contribution in [1.82, 2.24) is 0 Å². The zero-order valence-corrected chi connectivity index (χ0v) is 12.6. The lowest BCUT2D eigenvalue weighted by Gasteiger charge is -2.02. The minimum atomic E-state index is -0.697. The van der Waals surface area contributed by atoms with Gasteiger partial charge in [-0.3, -0.25) is 4.79 Å². The monoisotopic (exact) mass is 284 g/mol. The molecule has 0 fully saturated rings. The van der Waals surface area contributed by atoms with Gasteiger partial charge in [-0.25, -0.2) is 0 Å². The van der Waals surface area contributed by atoms with Gasteiger partial charge in [0.05, 0.1) is 13.4 Å². The van der Waals surface area contributed by atoms with Crippen LogP contribution in [0.5, 0.6) is 0 Å². The number of carboxylic acid groups (broad SMARTS) is 1. The summed E-state index contributed by atoms with van der Waals surface area (Å²) in [6.07, 6.45) is 13.9. The fraction of sp³-hybridized carbons (Fsp3) is 0.533. The molecule has 0 spiro atoms. The number of rotatable bonds is 11. The highest BCUT2D eigenvalue weighted by Gasteiger charge is 1.97. The average Bonchev–Trinajstić information content (AvgIpc) is 2.37. The van der Waals surface area contributed by atoms with E-state index in [1.807, 2.05) is 36.9 Å². The van der Waals surface area contributed by atoms with Crippen molar-refractivity contribution >= 4 is 17.7 Å². The summed E-state index contributed by atoms with van der Waals surface area (Å²) in [4.78, 5) is 11.5. The van der Waals surface area contributed by atoms with Gasteiger partial charge in [-0.2, -0.15) is 0 Å². The van der Waals surface area contributed by atoms with Crippen LogP contribution < -0.4 is 0 Å². The lowest BCUT2D eigenvalue weighted by Crippen LogP contribution is -1.93. The van der Waals surface area contributed by atoms with Gasteiger partial charge in [0.15, 0.2) is 0 Å². The van der Waals surface area contributed by atoms with Crippen LogP contribution in [0.3, 0.4) is 0 Å². The summed E-state index contributed by atoms with van der Waals surface area (Å²) in [5.41, 5.74) is 0. The molecule has 0 aromatic carbocycles. The number of aliphatic carboxylic acids is 1. The molecular formula is C15H24O3S. The molecule has 0 heterocycles. The van der Waals surface area contributed by atoms with Crippen LogP contribution in [0.15, 0.2) is 35.5 Å². The minimum absolute atomic E-state index is 0.290. The highest BCUT2D eigenvalue weighted by atomic mass is 32.2. The van der Waals surface area contributed by atoms with E-state index in [1.165, 1.54) is 4.91 Å². The summed E-state index contributed by atoms with van der Waals surface area (Å²) >= 11 is 1.81. The molecule has 4 heteroatoms. The smallest absolute Gasteiger partial charge is 0.303 e. The Bertz CT molecular complexity index is 319. The van der Waals surface area contributed by atoms with Gasteiger partial charge < -0.3 is 9.84 Å². The first-order valence-corrected chi connectivity index (χ1v) is 7.56. The van der Waals surface area contributed by atoms with E-state index in [2.05, 4.69) is 6.08 Å². The van der Waals surface area contributed by atoms with Gasteiger partial charge in [0, 0.05) is 11.3 Å². The number of hydrogen-bond acceptors (Lipinski definition) is 3. The van der Waals surface area contributed by atoms with E-state index < -0.39 is 5.97 Å². The Morgan fingerprint density at radius 3 is 2.63 bits per heavy atom. The van der Waals surface area contributed by atoms with E-state index in [1.54, 1.807) is 13.4 Å². The number of unbranched alkanes of at least 4 members (excludes halogenated alkanes) is 3. The van der Waals surface area contributed by atoms with Crippen LogP contribution in [0.4, 0.5) is 0 Å². The summed E-state index contributed by atoms with van der Waals surface area (Å²) in [5.74, 6) is 0.363. The Morgan fingerprint density at radius 1 is 1.26 bits per heavy atom. The van der Waals surface area contributed by atoms with Gasteiger partial charge >= 0.3 is 5.97 Å². The first-order chi connectivity index (χ1) is 9.20. The summed E-state index contributed by atoms with van der Waals surface area (Å²) < 4.78 is 4.85. The molecule has 0 saturated heterocycles. The molecule has 0 rings (SSSR count). The minimum Gasteiger partial charge on any atom is -0.504 e. The van der Waals surface area contributed by atoms with Gasteiger partial charge in [-0.1, -0.05) is 25.0 Å². The summed E-state index contributed by atoms with van der Waals surface area (Å²) in [6.45, 7) is 2.00. The zero-order chi connectivity index (χ0) is 14.3. The number of ether oxygens (including phenoxy) is 1. The number of carbonyl (C=O) groups is 1. The topological polar surface area (TPSA) is 46.5 Å². The first-order valence-electron chi connectivity index (χ1n) is 6.57. The van der Waals surface area contributed by atoms with Gasteiger partial charge in [0.1, 0.15) is 0 Å². The Hall–Kier alpha value is -1.16. The maximum Gasteiger partial charge on any atom is 0.303 e. The highest BCUT2D eigenvalue weighted by molar-refractivity contribution is 8.03. The van der Waals surface area contributed by atoms with Crippen LogP contribution in [0.1, 0.15) is 39.0 Å². The van der Waals surface area contributed by atoms with Crippen LogP contribution in [-0.4, -0.2) is 23.9 Å². The number of carboxylic acids is 1. The SMILES string of the molecule is C\C=C/C(=C\C=C\OC)SCCCCCCC(=O)O. The van der Waals surface area contributed by atoms with Gasteiger partial charge in [0.2, 0.25) is 0 Å². The maximum absolute atomic E-state index is 10.3. The van der Waals surface area contributed by atoms with E-state index >= 15 is 0 Å². The number of methoxy groups -OCH3 is 1. The molecule has 0 saturated carbocycles. The molecule has 3 nitrogen and oxygen atoms in total. The van der Waals surface area contributed by atoms with E-state index in [9.17, 15) is 4.79 Å². The Morgan fingerprint density at radius 2 is 2.00 bits per heavy atom. The van der Waals surface area contributed by atoms with Crippen molar-refractivity contribution in [2.45, 2.75) is 39.0 Å². The molecule has 19 heavy (non-hydrogen) atoms. The van der Waals surface area contributed by atoms with Crippen molar-refractivity contribution in [3.8, 4) is 0 Å². The molecule has 0 amide bonds. The molecule has 0 atom stereocenters. The van der Waals surface area contributed by atoms with E-state index in [4.69, 9.17) is 9.84 Å². The fourth-order valence-corrected chi connectivity index (χ4v) is 2.44. The molecule has 0 aliphatic heterocycles. The molecule has 0 aromatic rings. The van der Waals surface area contributed by atoms with Crippen LogP contribution in [-0.2, 0) is 9.53 Å².